The second-order valence-corrected chi connectivity index (χ2v) is 19.7. The molecule has 0 aliphatic rings. The lowest BCUT2D eigenvalue weighted by Gasteiger charge is -2.28. The average molecular weight is 920 g/mol. The van der Waals surface area contributed by atoms with Crippen molar-refractivity contribution >= 4 is 19.8 Å². The largest absolute Gasteiger partial charge is 0.756 e. The van der Waals surface area contributed by atoms with Gasteiger partial charge in [-0.2, -0.15) is 0 Å². The summed E-state index contributed by atoms with van der Waals surface area (Å²) in [5.74, 6) is 1.41. The summed E-state index contributed by atoms with van der Waals surface area (Å²) in [4.78, 5) is 37.7. The molecule has 0 aromatic carbocycles. The van der Waals surface area contributed by atoms with Gasteiger partial charge in [0, 0.05) is 25.7 Å². The van der Waals surface area contributed by atoms with Gasteiger partial charge in [0.25, 0.3) is 7.82 Å². The summed E-state index contributed by atoms with van der Waals surface area (Å²) in [6.45, 7) is 8.38. The Balaban J connectivity index is 2.36. The number of phosphoric ester groups is 1. The number of nitrogens with zero attached hydrogens (tertiary/aromatic N) is 1. The molecule has 11 nitrogen and oxygen atoms in total. The van der Waals surface area contributed by atoms with E-state index in [2.05, 4.69) is 33.8 Å². The number of aryl methyl sites for hydroxylation is 2. The minimum absolute atomic E-state index is 0.0594. The lowest BCUT2D eigenvalue weighted by molar-refractivity contribution is -0.870. The Hall–Kier alpha value is -2.79. The van der Waals surface area contributed by atoms with Gasteiger partial charge < -0.3 is 37.4 Å². The fourth-order valence-electron chi connectivity index (χ4n) is 6.91. The van der Waals surface area contributed by atoms with Gasteiger partial charge in [0.2, 0.25) is 0 Å². The molecular formula is C52H90NO10P. The van der Waals surface area contributed by atoms with E-state index in [0.29, 0.717) is 43.1 Å². The highest BCUT2D eigenvalue weighted by Crippen LogP contribution is 2.38. The molecule has 0 saturated carbocycles. The first-order chi connectivity index (χ1) is 30.7. The van der Waals surface area contributed by atoms with E-state index < -0.39 is 38.6 Å². The van der Waals surface area contributed by atoms with Gasteiger partial charge in [-0.3, -0.25) is 14.2 Å². The minimum atomic E-state index is -4.67. The highest BCUT2D eigenvalue weighted by Gasteiger charge is 2.22. The van der Waals surface area contributed by atoms with Crippen LogP contribution >= 0.6 is 7.82 Å². The Morgan fingerprint density at radius 1 is 0.688 bits per heavy atom. The molecule has 1 aromatic heterocycles. The predicted octanol–water partition coefficient (Wildman–Crippen LogP) is 12.2. The van der Waals surface area contributed by atoms with E-state index in [1.807, 2.05) is 57.6 Å². The molecule has 1 N–H and O–H groups in total. The number of aliphatic hydroxyl groups is 1. The number of unbranched alkanes of at least 4 members (excludes halogenated alkanes) is 15. The van der Waals surface area contributed by atoms with Gasteiger partial charge in [-0.25, -0.2) is 0 Å². The molecule has 0 aliphatic heterocycles. The number of hydrogen-bond acceptors (Lipinski definition) is 10. The normalized spacial score (nSPS) is 14.3. The number of carbonyl (C=O) groups excluding carboxylic acids is 2. The molecule has 1 aromatic rings. The van der Waals surface area contributed by atoms with E-state index in [1.165, 1.54) is 99.7 Å². The minimum Gasteiger partial charge on any atom is -0.756 e. The van der Waals surface area contributed by atoms with Gasteiger partial charge in [-0.15, -0.1) is 0 Å². The Morgan fingerprint density at radius 3 is 1.89 bits per heavy atom. The zero-order chi connectivity index (χ0) is 47.3. The predicted molar refractivity (Wildman–Crippen MR) is 259 cm³/mol. The number of likely N-dealkylation sites (N-methyl/N-ethyl adjacent to an activating group) is 1. The lowest BCUT2D eigenvalue weighted by atomic mass is 10.0. The van der Waals surface area contributed by atoms with Crippen LogP contribution in [0.25, 0.3) is 0 Å². The first-order valence-corrected chi connectivity index (χ1v) is 26.3. The quantitative estimate of drug-likeness (QED) is 0.0168. The first-order valence-electron chi connectivity index (χ1n) is 24.8. The smallest absolute Gasteiger partial charge is 0.306 e. The second-order valence-electron chi connectivity index (χ2n) is 18.3. The summed E-state index contributed by atoms with van der Waals surface area (Å²) in [5, 5.41) is 10.1. The topological polar surface area (TPSA) is 145 Å². The molecule has 64 heavy (non-hydrogen) atoms. The van der Waals surface area contributed by atoms with Crippen molar-refractivity contribution in [3.8, 4) is 0 Å². The molecule has 0 fully saturated rings. The highest BCUT2D eigenvalue weighted by atomic mass is 31.2. The van der Waals surface area contributed by atoms with Crippen LogP contribution in [0.2, 0.25) is 0 Å². The van der Waals surface area contributed by atoms with Crippen molar-refractivity contribution in [3.05, 3.63) is 71.3 Å². The van der Waals surface area contributed by atoms with Gasteiger partial charge in [0.1, 0.15) is 31.3 Å². The summed E-state index contributed by atoms with van der Waals surface area (Å²) in [5.41, 5.74) is 2.68. The van der Waals surface area contributed by atoms with Crippen LogP contribution < -0.4 is 4.89 Å². The zero-order valence-corrected chi connectivity index (χ0v) is 42.2. The van der Waals surface area contributed by atoms with Gasteiger partial charge in [0.15, 0.2) is 6.10 Å². The Labute approximate surface area is 389 Å². The molecule has 0 amide bonds. The summed E-state index contributed by atoms with van der Waals surface area (Å²) >= 11 is 0. The molecular weight excluding hydrogens is 830 g/mol. The zero-order valence-electron chi connectivity index (χ0n) is 41.3. The summed E-state index contributed by atoms with van der Waals surface area (Å²) in [6, 6.07) is 0. The molecule has 12 heteroatoms. The molecule has 0 saturated heterocycles. The van der Waals surface area contributed by atoms with Crippen molar-refractivity contribution in [2.45, 2.75) is 200 Å². The third-order valence-corrected chi connectivity index (χ3v) is 12.1. The van der Waals surface area contributed by atoms with Gasteiger partial charge in [-0.05, 0) is 82.8 Å². The van der Waals surface area contributed by atoms with Crippen molar-refractivity contribution in [2.24, 2.45) is 0 Å². The first kappa shape index (κ1) is 59.2. The van der Waals surface area contributed by atoms with Crippen molar-refractivity contribution < 1.29 is 51.6 Å². The lowest BCUT2D eigenvalue weighted by Crippen LogP contribution is -2.37. The molecule has 368 valence electrons. The van der Waals surface area contributed by atoms with Crippen LogP contribution in [-0.4, -0.2) is 81.2 Å². The Kier molecular flexibility index (Phi) is 34.5. The van der Waals surface area contributed by atoms with Crippen molar-refractivity contribution in [3.63, 3.8) is 0 Å². The summed E-state index contributed by atoms with van der Waals surface area (Å²) < 4.78 is 40.2. The van der Waals surface area contributed by atoms with E-state index in [4.69, 9.17) is 22.9 Å². The molecule has 0 spiro atoms. The monoisotopic (exact) mass is 920 g/mol. The molecule has 3 atom stereocenters. The number of carbonyl (C=O) groups is 2. The standard InChI is InChI=1S/C52H90NO10P/c1-8-10-12-13-19-24-30-35-47(54)36-31-25-20-18-23-28-34-40-52(56)62-48(44-61-64(57,58)60-42-41-53(5,6)7)43-59-51(55)39-33-27-22-17-15-14-16-21-26-32-38-50-46(4)45(3)49(63-50)37-29-11-9-2/h18-19,23-25,30-31,35,47-48,54H,8-17,20-22,26-29,32-34,36-44H2,1-7H3/b23-18+,24-19-,31-25-,35-30-/t47-,48+/m0/s1. The number of allylic oxidation sites excluding steroid dienone is 6. The maximum Gasteiger partial charge on any atom is 0.306 e. The Bertz CT molecular complexity index is 1520. The van der Waals surface area contributed by atoms with E-state index in [-0.39, 0.29) is 26.1 Å². The van der Waals surface area contributed by atoms with Gasteiger partial charge in [0.05, 0.1) is 33.9 Å². The highest BCUT2D eigenvalue weighted by molar-refractivity contribution is 7.45. The number of quaternary nitrogens is 1. The van der Waals surface area contributed by atoms with E-state index in [0.717, 1.165) is 38.5 Å². The number of furan rings is 1. The summed E-state index contributed by atoms with van der Waals surface area (Å²) in [7, 11) is 1.07. The van der Waals surface area contributed by atoms with Crippen LogP contribution in [-0.2, 0) is 45.5 Å². The fourth-order valence-corrected chi connectivity index (χ4v) is 7.63. The van der Waals surface area contributed by atoms with Crippen LogP contribution in [0.1, 0.15) is 184 Å². The van der Waals surface area contributed by atoms with Crippen LogP contribution in [0.5, 0.6) is 0 Å². The van der Waals surface area contributed by atoms with Crippen molar-refractivity contribution in [1.29, 1.82) is 0 Å². The van der Waals surface area contributed by atoms with Crippen LogP contribution in [0.15, 0.2) is 53.0 Å². The number of phosphoric acid groups is 1. The number of esters is 2. The van der Waals surface area contributed by atoms with E-state index >= 15 is 0 Å². The van der Waals surface area contributed by atoms with Gasteiger partial charge >= 0.3 is 11.9 Å². The maximum atomic E-state index is 12.7. The fraction of sp³-hybridized carbons (Fsp3) is 0.731. The Morgan fingerprint density at radius 2 is 1.25 bits per heavy atom. The van der Waals surface area contributed by atoms with E-state index in [9.17, 15) is 24.2 Å². The molecule has 1 unspecified atom stereocenters. The number of ether oxygens (including phenoxy) is 2. The number of rotatable bonds is 41. The van der Waals surface area contributed by atoms with Crippen LogP contribution in [0.4, 0.5) is 0 Å². The van der Waals surface area contributed by atoms with Gasteiger partial charge in [-0.1, -0.05) is 140 Å². The van der Waals surface area contributed by atoms with Crippen LogP contribution in [0, 0.1) is 13.8 Å². The maximum absolute atomic E-state index is 12.7. The van der Waals surface area contributed by atoms with Crippen molar-refractivity contribution in [1.82, 2.24) is 0 Å². The van der Waals surface area contributed by atoms with Crippen molar-refractivity contribution in [2.75, 3.05) is 47.5 Å². The molecule has 1 rings (SSSR count). The van der Waals surface area contributed by atoms with E-state index in [1.54, 1.807) is 6.08 Å². The third-order valence-electron chi connectivity index (χ3n) is 11.1. The molecule has 0 aliphatic carbocycles. The SMILES string of the molecule is CCCCC/C=C\C=C/[C@H](O)C/C=C\C/C=C/CCCC(=O)O[C@H](COC(=O)CCCCCCCCCCCCc1oc(CCCCC)c(C)c1C)COP(=O)([O-])OCC[N+](C)(C)C. The second kappa shape index (κ2) is 37.3. The number of hydrogen-bond donors (Lipinski definition) is 1. The third kappa shape index (κ3) is 33.7. The molecule has 0 bridgehead atoms. The summed E-state index contributed by atoms with van der Waals surface area (Å²) in [6.07, 6.45) is 38.4. The average Bonchev–Trinajstić information content (AvgIpc) is 3.51. The van der Waals surface area contributed by atoms with Crippen LogP contribution in [0.3, 0.4) is 0 Å². The molecule has 1 heterocycles. The molecule has 0 radical (unpaired) electrons. The number of aliphatic hydroxyl groups excluding tert-OH is 1.